The largest absolute Gasteiger partial charge is 0.358 e. The molecule has 0 spiro atoms. The van der Waals surface area contributed by atoms with E-state index in [4.69, 9.17) is 0 Å². The Hall–Kier alpha value is -1.98. The standard InChI is InChI=1S/C16H18N4O.ClH/c1-19-14-4-3-10(8-15(14)20(2)16(19)21)13-7-11-9-17-6-5-12(11)18-13;/h3-4,7-8,17-18H,5-6,9H2,1-2H3;1H. The van der Waals surface area contributed by atoms with Crippen LogP contribution in [0, 0.1) is 0 Å². The third kappa shape index (κ3) is 2.09. The number of hydrogen-bond donors (Lipinski definition) is 2. The molecular weight excluding hydrogens is 300 g/mol. The van der Waals surface area contributed by atoms with Crippen molar-refractivity contribution in [3.05, 3.63) is 46.0 Å². The molecule has 6 heteroatoms. The van der Waals surface area contributed by atoms with Crippen molar-refractivity contribution < 1.29 is 0 Å². The van der Waals surface area contributed by atoms with Crippen LogP contribution in [-0.4, -0.2) is 20.7 Å². The average molecular weight is 319 g/mol. The molecule has 3 heterocycles. The van der Waals surface area contributed by atoms with Crippen molar-refractivity contribution in [3.63, 3.8) is 0 Å². The van der Waals surface area contributed by atoms with E-state index < -0.39 is 0 Å². The minimum absolute atomic E-state index is 0. The van der Waals surface area contributed by atoms with E-state index in [0.717, 1.165) is 41.8 Å². The van der Waals surface area contributed by atoms with E-state index in [0.29, 0.717) is 0 Å². The molecule has 0 amide bonds. The smallest absolute Gasteiger partial charge is 0.328 e. The van der Waals surface area contributed by atoms with E-state index in [9.17, 15) is 4.79 Å². The maximum atomic E-state index is 12.0. The molecule has 4 rings (SSSR count). The zero-order valence-electron chi connectivity index (χ0n) is 12.6. The molecule has 0 fully saturated rings. The van der Waals surface area contributed by atoms with Crippen molar-refractivity contribution >= 4 is 23.4 Å². The Morgan fingerprint density at radius 3 is 2.64 bits per heavy atom. The summed E-state index contributed by atoms with van der Waals surface area (Å²) in [6.07, 6.45) is 1.04. The number of imidazole rings is 1. The zero-order chi connectivity index (χ0) is 14.6. The van der Waals surface area contributed by atoms with Crippen molar-refractivity contribution in [2.45, 2.75) is 13.0 Å². The molecule has 1 aliphatic heterocycles. The number of rotatable bonds is 1. The molecule has 1 aliphatic rings. The lowest BCUT2D eigenvalue weighted by Crippen LogP contribution is -2.22. The van der Waals surface area contributed by atoms with Gasteiger partial charge in [-0.15, -0.1) is 12.4 Å². The van der Waals surface area contributed by atoms with Crippen LogP contribution in [0.5, 0.6) is 0 Å². The van der Waals surface area contributed by atoms with E-state index in [-0.39, 0.29) is 18.1 Å². The Bertz CT molecular complexity index is 879. The molecule has 0 saturated heterocycles. The lowest BCUT2D eigenvalue weighted by molar-refractivity contribution is 0.638. The van der Waals surface area contributed by atoms with Gasteiger partial charge in [-0.2, -0.15) is 0 Å². The van der Waals surface area contributed by atoms with Crippen LogP contribution in [0.15, 0.2) is 29.1 Å². The third-order valence-electron chi connectivity index (χ3n) is 4.44. The Balaban J connectivity index is 0.00000144. The molecule has 116 valence electrons. The number of nitrogens with one attached hydrogen (secondary N) is 2. The van der Waals surface area contributed by atoms with Gasteiger partial charge in [-0.3, -0.25) is 9.13 Å². The van der Waals surface area contributed by atoms with Crippen molar-refractivity contribution in [1.29, 1.82) is 0 Å². The number of H-pyrrole nitrogens is 1. The first-order valence-corrected chi connectivity index (χ1v) is 7.22. The van der Waals surface area contributed by atoms with Gasteiger partial charge in [-0.1, -0.05) is 6.07 Å². The minimum Gasteiger partial charge on any atom is -0.358 e. The molecule has 0 unspecified atom stereocenters. The molecule has 0 aliphatic carbocycles. The van der Waals surface area contributed by atoms with Gasteiger partial charge in [0.05, 0.1) is 11.0 Å². The predicted octanol–water partition coefficient (Wildman–Crippen LogP) is 1.94. The summed E-state index contributed by atoms with van der Waals surface area (Å²) in [6.45, 7) is 1.96. The van der Waals surface area contributed by atoms with E-state index in [2.05, 4.69) is 28.5 Å². The zero-order valence-corrected chi connectivity index (χ0v) is 13.5. The fourth-order valence-corrected chi connectivity index (χ4v) is 3.19. The normalized spacial score (nSPS) is 13.9. The van der Waals surface area contributed by atoms with Crippen LogP contribution >= 0.6 is 12.4 Å². The summed E-state index contributed by atoms with van der Waals surface area (Å²) in [5.74, 6) is 0. The monoisotopic (exact) mass is 318 g/mol. The van der Waals surface area contributed by atoms with Gasteiger partial charge < -0.3 is 10.3 Å². The lowest BCUT2D eigenvalue weighted by atomic mass is 10.1. The van der Waals surface area contributed by atoms with E-state index in [1.165, 1.54) is 11.3 Å². The summed E-state index contributed by atoms with van der Waals surface area (Å²) >= 11 is 0. The topological polar surface area (TPSA) is 54.8 Å². The van der Waals surface area contributed by atoms with Crippen molar-refractivity contribution in [2.24, 2.45) is 14.1 Å². The van der Waals surface area contributed by atoms with E-state index in [1.807, 2.05) is 20.2 Å². The van der Waals surface area contributed by atoms with Crippen LogP contribution in [0.2, 0.25) is 0 Å². The molecule has 1 aromatic carbocycles. The van der Waals surface area contributed by atoms with Gasteiger partial charge in [0.2, 0.25) is 0 Å². The third-order valence-corrected chi connectivity index (χ3v) is 4.44. The summed E-state index contributed by atoms with van der Waals surface area (Å²) in [5.41, 5.74) is 6.86. The number of aryl methyl sites for hydroxylation is 2. The highest BCUT2D eigenvalue weighted by molar-refractivity contribution is 5.85. The minimum atomic E-state index is 0. The van der Waals surface area contributed by atoms with Gasteiger partial charge in [0.15, 0.2) is 0 Å². The highest BCUT2D eigenvalue weighted by atomic mass is 35.5. The maximum Gasteiger partial charge on any atom is 0.328 e. The first-order valence-electron chi connectivity index (χ1n) is 7.22. The number of halogens is 1. The molecule has 2 N–H and O–H groups in total. The lowest BCUT2D eigenvalue weighted by Gasteiger charge is -2.11. The van der Waals surface area contributed by atoms with Crippen LogP contribution in [0.25, 0.3) is 22.3 Å². The molecule has 0 saturated carbocycles. The van der Waals surface area contributed by atoms with Crippen molar-refractivity contribution in [2.75, 3.05) is 6.54 Å². The van der Waals surface area contributed by atoms with Crippen LogP contribution in [-0.2, 0) is 27.1 Å². The fraction of sp³-hybridized carbons (Fsp3) is 0.312. The molecular formula is C16H19ClN4O. The number of hydrogen-bond acceptors (Lipinski definition) is 2. The first-order chi connectivity index (χ1) is 10.1. The van der Waals surface area contributed by atoms with Gasteiger partial charge in [-0.25, -0.2) is 4.79 Å². The molecule has 5 nitrogen and oxygen atoms in total. The highest BCUT2D eigenvalue weighted by Gasteiger charge is 2.14. The van der Waals surface area contributed by atoms with Crippen molar-refractivity contribution in [3.8, 4) is 11.3 Å². The highest BCUT2D eigenvalue weighted by Crippen LogP contribution is 2.26. The second kappa shape index (κ2) is 5.34. The Labute approximate surface area is 134 Å². The van der Waals surface area contributed by atoms with Crippen LogP contribution in [0.1, 0.15) is 11.3 Å². The van der Waals surface area contributed by atoms with Gasteiger partial charge in [-0.05, 0) is 23.8 Å². The number of fused-ring (bicyclic) bond motifs is 2. The Morgan fingerprint density at radius 2 is 1.86 bits per heavy atom. The number of aromatic nitrogens is 3. The molecule has 0 bridgehead atoms. The van der Waals surface area contributed by atoms with Crippen molar-refractivity contribution in [1.82, 2.24) is 19.4 Å². The summed E-state index contributed by atoms with van der Waals surface area (Å²) in [6, 6.07) is 8.39. The average Bonchev–Trinajstić information content (AvgIpc) is 3.03. The van der Waals surface area contributed by atoms with Gasteiger partial charge >= 0.3 is 5.69 Å². The van der Waals surface area contributed by atoms with Gasteiger partial charge in [0.1, 0.15) is 0 Å². The number of benzene rings is 1. The first kappa shape index (κ1) is 14.9. The number of aromatic amines is 1. The summed E-state index contributed by atoms with van der Waals surface area (Å²) < 4.78 is 3.38. The maximum absolute atomic E-state index is 12.0. The summed E-state index contributed by atoms with van der Waals surface area (Å²) in [4.78, 5) is 15.5. The number of nitrogens with zero attached hydrogens (tertiary/aromatic N) is 2. The van der Waals surface area contributed by atoms with Gasteiger partial charge in [0, 0.05) is 50.6 Å². The summed E-state index contributed by atoms with van der Waals surface area (Å²) in [7, 11) is 3.63. The van der Waals surface area contributed by atoms with Gasteiger partial charge in [0.25, 0.3) is 0 Å². The molecule has 2 aromatic heterocycles. The SMILES string of the molecule is Cl.Cn1c(=O)n(C)c2cc(-c3cc4c([nH]3)CCNC4)ccc21. The van der Waals surface area contributed by atoms with E-state index in [1.54, 1.807) is 9.13 Å². The fourth-order valence-electron chi connectivity index (χ4n) is 3.19. The molecule has 0 atom stereocenters. The quantitative estimate of drug-likeness (QED) is 0.720. The van der Waals surface area contributed by atoms with Crippen LogP contribution in [0.4, 0.5) is 0 Å². The molecule has 22 heavy (non-hydrogen) atoms. The summed E-state index contributed by atoms with van der Waals surface area (Å²) in [5, 5.41) is 3.39. The van der Waals surface area contributed by atoms with Crippen LogP contribution in [0.3, 0.4) is 0 Å². The van der Waals surface area contributed by atoms with E-state index >= 15 is 0 Å². The molecule has 0 radical (unpaired) electrons. The van der Waals surface area contributed by atoms with Crippen LogP contribution < -0.4 is 11.0 Å². The predicted molar refractivity (Wildman–Crippen MR) is 90.6 cm³/mol. The second-order valence-electron chi connectivity index (χ2n) is 5.72. The molecule has 3 aromatic rings. The Kier molecular flexibility index (Phi) is 3.62. The second-order valence-corrected chi connectivity index (χ2v) is 5.72. The Morgan fingerprint density at radius 1 is 1.09 bits per heavy atom.